The molecule has 0 aliphatic carbocycles. The Morgan fingerprint density at radius 2 is 1.59 bits per heavy atom. The Hall–Kier alpha value is -0.383. The van der Waals surface area contributed by atoms with E-state index in [1.807, 2.05) is 0 Å². The average Bonchev–Trinajstić information content (AvgIpc) is 2.29. The molecule has 0 aliphatic rings. The molecular weight excluding hydrogens is 201 g/mol. The van der Waals surface area contributed by atoms with Crippen molar-refractivity contribution in [2.24, 2.45) is 0 Å². The zero-order chi connectivity index (χ0) is 11.8. The van der Waals surface area contributed by atoms with Crippen molar-refractivity contribution in [3.8, 4) is 0 Å². The summed E-state index contributed by atoms with van der Waals surface area (Å²) < 4.78 is 0. The molecule has 1 radical (unpaired) electrons. The summed E-state index contributed by atoms with van der Waals surface area (Å²) in [7, 11) is 0. The van der Waals surface area contributed by atoms with Gasteiger partial charge in [0.25, 0.3) is 0 Å². The second-order valence-electron chi connectivity index (χ2n) is 4.53. The van der Waals surface area contributed by atoms with Crippen molar-refractivity contribution in [1.29, 1.82) is 0 Å². The monoisotopic (exact) mass is 226 g/mol. The van der Waals surface area contributed by atoms with Crippen molar-refractivity contribution < 1.29 is 0 Å². The van der Waals surface area contributed by atoms with Gasteiger partial charge in [-0.25, -0.2) is 0 Å². The van der Waals surface area contributed by atoms with Crippen molar-refractivity contribution in [1.82, 2.24) is 0 Å². The van der Waals surface area contributed by atoms with Crippen LogP contribution < -0.4 is 4.90 Å². The van der Waals surface area contributed by atoms with Crippen LogP contribution in [0.2, 0.25) is 0 Å². The van der Waals surface area contributed by atoms with E-state index in [2.05, 4.69) is 49.9 Å². The van der Waals surface area contributed by atoms with Gasteiger partial charge in [0.05, 0.1) is 0 Å². The fraction of sp³-hybridized carbons (Fsp3) is 0.600. The minimum atomic E-state index is 0. The van der Waals surface area contributed by atoms with Gasteiger partial charge in [-0.3, -0.25) is 0 Å². The largest absolute Gasteiger partial charge is 0.372 e. The summed E-state index contributed by atoms with van der Waals surface area (Å²) >= 11 is 0. The molecule has 0 atom stereocenters. The molecular formula is C15H25LiN. The number of hydrogen-bond donors (Lipinski definition) is 0. The smallest absolute Gasteiger partial charge is 0.0368 e. The first-order chi connectivity index (χ1) is 7.77. The summed E-state index contributed by atoms with van der Waals surface area (Å²) in [6.07, 6.45) is 5.12. The molecule has 2 heteroatoms. The van der Waals surface area contributed by atoms with E-state index >= 15 is 0 Å². The molecule has 0 saturated heterocycles. The van der Waals surface area contributed by atoms with Gasteiger partial charge in [-0.1, -0.05) is 38.8 Å². The normalized spacial score (nSPS) is 9.82. The van der Waals surface area contributed by atoms with Gasteiger partial charge in [0, 0.05) is 37.6 Å². The standard InChI is InChI=1S/C15H25N.Li/c1-4-6-11-16(12-7-5-2)15-10-8-9-14(3)13-15;/h8-10,13H,4-7,11-12H2,1-3H3;. The summed E-state index contributed by atoms with van der Waals surface area (Å²) in [5.74, 6) is 0. The third kappa shape index (κ3) is 6.20. The zero-order valence-electron chi connectivity index (χ0n) is 12.0. The van der Waals surface area contributed by atoms with Crippen LogP contribution in [0.1, 0.15) is 45.1 Å². The molecule has 0 fully saturated rings. The molecule has 0 saturated carbocycles. The maximum absolute atomic E-state index is 2.53. The Kier molecular flexibility index (Phi) is 9.41. The fourth-order valence-corrected chi connectivity index (χ4v) is 1.89. The van der Waals surface area contributed by atoms with Gasteiger partial charge >= 0.3 is 0 Å². The number of hydrogen-bond acceptors (Lipinski definition) is 1. The summed E-state index contributed by atoms with van der Waals surface area (Å²) in [6.45, 7) is 9.07. The van der Waals surface area contributed by atoms with Gasteiger partial charge in [0.15, 0.2) is 0 Å². The summed E-state index contributed by atoms with van der Waals surface area (Å²) in [5.41, 5.74) is 2.75. The molecule has 17 heavy (non-hydrogen) atoms. The minimum Gasteiger partial charge on any atom is -0.372 e. The molecule has 0 N–H and O–H groups in total. The summed E-state index contributed by atoms with van der Waals surface area (Å²) in [4.78, 5) is 2.53. The van der Waals surface area contributed by atoms with E-state index in [0.717, 1.165) is 0 Å². The molecule has 1 aromatic carbocycles. The van der Waals surface area contributed by atoms with Crippen molar-refractivity contribution in [3.05, 3.63) is 29.8 Å². The first-order valence-corrected chi connectivity index (χ1v) is 6.59. The minimum absolute atomic E-state index is 0. The molecule has 0 heterocycles. The van der Waals surface area contributed by atoms with Gasteiger partial charge in [-0.05, 0) is 37.5 Å². The van der Waals surface area contributed by atoms with Crippen LogP contribution in [0.4, 0.5) is 5.69 Å². The number of aryl methyl sites for hydroxylation is 1. The van der Waals surface area contributed by atoms with Crippen LogP contribution in [0.15, 0.2) is 24.3 Å². The molecule has 0 unspecified atom stereocenters. The van der Waals surface area contributed by atoms with Crippen LogP contribution in [0.25, 0.3) is 0 Å². The Morgan fingerprint density at radius 3 is 2.06 bits per heavy atom. The topological polar surface area (TPSA) is 3.24 Å². The average molecular weight is 226 g/mol. The molecule has 0 aliphatic heterocycles. The van der Waals surface area contributed by atoms with Crippen LogP contribution in [0.3, 0.4) is 0 Å². The molecule has 1 rings (SSSR count). The van der Waals surface area contributed by atoms with Crippen molar-refractivity contribution >= 4 is 24.5 Å². The molecule has 0 amide bonds. The Bertz CT molecular complexity index is 291. The van der Waals surface area contributed by atoms with Crippen LogP contribution in [0.5, 0.6) is 0 Å². The Balaban J connectivity index is 0.00000256. The van der Waals surface area contributed by atoms with E-state index in [1.54, 1.807) is 0 Å². The van der Waals surface area contributed by atoms with Gasteiger partial charge in [0.1, 0.15) is 0 Å². The van der Waals surface area contributed by atoms with Gasteiger partial charge < -0.3 is 4.90 Å². The van der Waals surface area contributed by atoms with Crippen molar-refractivity contribution in [3.63, 3.8) is 0 Å². The van der Waals surface area contributed by atoms with Crippen LogP contribution >= 0.6 is 0 Å². The SMILES string of the molecule is CCCCN(CCCC)c1cccc(C)c1.[Li]. The maximum atomic E-state index is 2.53. The predicted octanol–water partition coefficient (Wildman–Crippen LogP) is 4.02. The van der Waals surface area contributed by atoms with E-state index < -0.39 is 0 Å². The van der Waals surface area contributed by atoms with E-state index in [9.17, 15) is 0 Å². The third-order valence-corrected chi connectivity index (χ3v) is 2.93. The van der Waals surface area contributed by atoms with E-state index in [1.165, 1.54) is 50.0 Å². The number of rotatable bonds is 7. The Labute approximate surface area is 119 Å². The Morgan fingerprint density at radius 1 is 1.00 bits per heavy atom. The molecule has 0 aromatic heterocycles. The van der Waals surface area contributed by atoms with E-state index in [0.29, 0.717) is 0 Å². The zero-order valence-corrected chi connectivity index (χ0v) is 12.0. The first kappa shape index (κ1) is 16.6. The molecule has 0 spiro atoms. The number of anilines is 1. The quantitative estimate of drug-likeness (QED) is 0.635. The van der Waals surface area contributed by atoms with Crippen LogP contribution in [0, 0.1) is 6.92 Å². The van der Waals surface area contributed by atoms with Crippen molar-refractivity contribution in [2.75, 3.05) is 18.0 Å². The van der Waals surface area contributed by atoms with E-state index in [-0.39, 0.29) is 18.9 Å². The fourth-order valence-electron chi connectivity index (χ4n) is 1.89. The number of nitrogens with zero attached hydrogens (tertiary/aromatic N) is 1. The predicted molar refractivity (Wildman–Crippen MR) is 79.0 cm³/mol. The maximum Gasteiger partial charge on any atom is 0.0368 e. The van der Waals surface area contributed by atoms with Gasteiger partial charge in [0.2, 0.25) is 0 Å². The van der Waals surface area contributed by atoms with Crippen LogP contribution in [-0.4, -0.2) is 32.0 Å². The first-order valence-electron chi connectivity index (χ1n) is 6.59. The summed E-state index contributed by atoms with van der Waals surface area (Å²) in [6, 6.07) is 8.86. The van der Waals surface area contributed by atoms with Gasteiger partial charge in [-0.2, -0.15) is 0 Å². The van der Waals surface area contributed by atoms with E-state index in [4.69, 9.17) is 0 Å². The molecule has 1 aromatic rings. The second kappa shape index (κ2) is 9.63. The van der Waals surface area contributed by atoms with Gasteiger partial charge in [-0.15, -0.1) is 0 Å². The third-order valence-electron chi connectivity index (χ3n) is 2.93. The number of unbranched alkanes of at least 4 members (excludes halogenated alkanes) is 2. The molecule has 1 nitrogen and oxygen atoms in total. The van der Waals surface area contributed by atoms with Crippen molar-refractivity contribution in [2.45, 2.75) is 46.5 Å². The number of benzene rings is 1. The second-order valence-corrected chi connectivity index (χ2v) is 4.53. The van der Waals surface area contributed by atoms with Crippen LogP contribution in [-0.2, 0) is 0 Å². The molecule has 0 bridgehead atoms. The summed E-state index contributed by atoms with van der Waals surface area (Å²) in [5, 5.41) is 0. The molecule has 91 valence electrons.